The van der Waals surface area contributed by atoms with Gasteiger partial charge in [0.15, 0.2) is 29.6 Å². The van der Waals surface area contributed by atoms with Crippen molar-refractivity contribution in [1.82, 2.24) is 0 Å². The SMILES string of the molecule is COc1cc(/C=C/C(=O)Nc2ccc3c(c2)OC2(CCCCC2)O3)ccc1OCC#N. The molecule has 0 radical (unpaired) electrons. The van der Waals surface area contributed by atoms with Crippen LogP contribution in [0.15, 0.2) is 42.5 Å². The van der Waals surface area contributed by atoms with Crippen LogP contribution in [0.4, 0.5) is 5.69 Å². The summed E-state index contributed by atoms with van der Waals surface area (Å²) in [7, 11) is 1.52. The van der Waals surface area contributed by atoms with Crippen LogP contribution in [-0.2, 0) is 4.79 Å². The van der Waals surface area contributed by atoms with E-state index in [1.54, 1.807) is 36.4 Å². The Bertz CT molecular complexity index is 1030. The molecule has 0 aromatic heterocycles. The lowest BCUT2D eigenvalue weighted by molar-refractivity contribution is -0.111. The molecule has 1 amide bonds. The number of fused-ring (bicyclic) bond motifs is 1. The summed E-state index contributed by atoms with van der Waals surface area (Å²) >= 11 is 0. The topological polar surface area (TPSA) is 89.8 Å². The van der Waals surface area contributed by atoms with Crippen LogP contribution in [0.5, 0.6) is 23.0 Å². The number of anilines is 1. The number of rotatable bonds is 6. The Morgan fingerprint density at radius 3 is 2.71 bits per heavy atom. The minimum Gasteiger partial charge on any atom is -0.493 e. The van der Waals surface area contributed by atoms with Crippen LogP contribution in [0.25, 0.3) is 6.08 Å². The van der Waals surface area contributed by atoms with E-state index in [2.05, 4.69) is 5.32 Å². The maximum Gasteiger partial charge on any atom is 0.251 e. The Kier molecular flexibility index (Phi) is 5.99. The molecule has 31 heavy (non-hydrogen) atoms. The van der Waals surface area contributed by atoms with Crippen molar-refractivity contribution >= 4 is 17.7 Å². The van der Waals surface area contributed by atoms with Crippen molar-refractivity contribution in [3.05, 3.63) is 48.0 Å². The maximum absolute atomic E-state index is 12.4. The van der Waals surface area contributed by atoms with Crippen LogP contribution in [0.3, 0.4) is 0 Å². The van der Waals surface area contributed by atoms with Crippen molar-refractivity contribution in [2.24, 2.45) is 0 Å². The summed E-state index contributed by atoms with van der Waals surface area (Å²) < 4.78 is 22.8. The molecule has 1 saturated carbocycles. The van der Waals surface area contributed by atoms with Crippen LogP contribution < -0.4 is 24.3 Å². The number of amides is 1. The first-order valence-electron chi connectivity index (χ1n) is 10.3. The van der Waals surface area contributed by atoms with Gasteiger partial charge in [-0.05, 0) is 48.7 Å². The van der Waals surface area contributed by atoms with Crippen LogP contribution in [0.1, 0.15) is 37.7 Å². The van der Waals surface area contributed by atoms with E-state index in [0.717, 1.165) is 37.0 Å². The first-order valence-corrected chi connectivity index (χ1v) is 10.3. The van der Waals surface area contributed by atoms with Crippen molar-refractivity contribution in [3.8, 4) is 29.1 Å². The Morgan fingerprint density at radius 2 is 1.94 bits per heavy atom. The third-order valence-electron chi connectivity index (χ3n) is 5.33. The number of ether oxygens (including phenoxy) is 4. The van der Waals surface area contributed by atoms with Gasteiger partial charge in [0.25, 0.3) is 5.79 Å². The number of nitriles is 1. The summed E-state index contributed by atoms with van der Waals surface area (Å²) in [6, 6.07) is 12.6. The van der Waals surface area contributed by atoms with Crippen LogP contribution in [-0.4, -0.2) is 25.4 Å². The summed E-state index contributed by atoms with van der Waals surface area (Å²) in [6.45, 7) is -0.0649. The highest BCUT2D eigenvalue weighted by Crippen LogP contribution is 2.46. The fourth-order valence-electron chi connectivity index (χ4n) is 3.84. The molecule has 1 aliphatic heterocycles. The molecule has 0 saturated heterocycles. The van der Waals surface area contributed by atoms with Gasteiger partial charge in [0, 0.05) is 30.7 Å². The van der Waals surface area contributed by atoms with Gasteiger partial charge >= 0.3 is 0 Å². The van der Waals surface area contributed by atoms with Crippen LogP contribution >= 0.6 is 0 Å². The van der Waals surface area contributed by atoms with E-state index < -0.39 is 5.79 Å². The molecule has 2 aromatic carbocycles. The number of carbonyl (C=O) groups is 1. The van der Waals surface area contributed by atoms with Crippen LogP contribution in [0, 0.1) is 11.3 Å². The molecule has 1 fully saturated rings. The zero-order chi connectivity index (χ0) is 21.7. The Hall–Kier alpha value is -3.66. The fraction of sp³-hybridized carbons (Fsp3) is 0.333. The number of hydrogen-bond donors (Lipinski definition) is 1. The molecular formula is C24H24N2O5. The molecular weight excluding hydrogens is 396 g/mol. The molecule has 2 aromatic rings. The lowest BCUT2D eigenvalue weighted by atomic mass is 9.94. The Morgan fingerprint density at radius 1 is 1.13 bits per heavy atom. The molecule has 1 aliphatic carbocycles. The minimum absolute atomic E-state index is 0.0649. The Labute approximate surface area is 181 Å². The molecule has 0 bridgehead atoms. The second kappa shape index (κ2) is 9.00. The number of benzene rings is 2. The second-order valence-corrected chi connectivity index (χ2v) is 7.52. The van der Waals surface area contributed by atoms with E-state index in [1.807, 2.05) is 12.1 Å². The van der Waals surface area contributed by atoms with E-state index in [9.17, 15) is 4.79 Å². The van der Waals surface area contributed by atoms with Gasteiger partial charge in [-0.3, -0.25) is 4.79 Å². The van der Waals surface area contributed by atoms with Gasteiger partial charge in [0.05, 0.1) is 7.11 Å². The summed E-state index contributed by atoms with van der Waals surface area (Å²) in [4.78, 5) is 12.4. The van der Waals surface area contributed by atoms with E-state index >= 15 is 0 Å². The van der Waals surface area contributed by atoms with E-state index in [-0.39, 0.29) is 12.5 Å². The van der Waals surface area contributed by atoms with Crippen LogP contribution in [0.2, 0.25) is 0 Å². The largest absolute Gasteiger partial charge is 0.493 e. The molecule has 4 rings (SSSR count). The van der Waals surface area contributed by atoms with Gasteiger partial charge in [-0.1, -0.05) is 12.5 Å². The van der Waals surface area contributed by atoms with Gasteiger partial charge in [-0.15, -0.1) is 0 Å². The highest BCUT2D eigenvalue weighted by atomic mass is 16.7. The molecule has 1 spiro atoms. The predicted octanol–water partition coefficient (Wildman–Crippen LogP) is 4.68. The number of hydrogen-bond acceptors (Lipinski definition) is 6. The number of methoxy groups -OCH3 is 1. The molecule has 2 aliphatic rings. The van der Waals surface area contributed by atoms with Crippen molar-refractivity contribution < 1.29 is 23.7 Å². The zero-order valence-corrected chi connectivity index (χ0v) is 17.3. The first kappa shape index (κ1) is 20.6. The third kappa shape index (κ3) is 4.75. The fourth-order valence-corrected chi connectivity index (χ4v) is 3.84. The highest BCUT2D eigenvalue weighted by molar-refractivity contribution is 6.02. The standard InChI is InChI=1S/C24H24N2O5/c1-28-21-15-17(5-8-19(21)29-14-13-25)6-10-23(27)26-18-7-9-20-22(16-18)31-24(30-20)11-3-2-4-12-24/h5-10,15-16H,2-4,11-12,14H2,1H3,(H,26,27)/b10-6+. The molecule has 160 valence electrons. The normalized spacial score (nSPS) is 16.1. The molecule has 7 heteroatoms. The van der Waals surface area contributed by atoms with Gasteiger partial charge in [-0.2, -0.15) is 5.26 Å². The van der Waals surface area contributed by atoms with E-state index in [4.69, 9.17) is 24.2 Å². The maximum atomic E-state index is 12.4. The monoisotopic (exact) mass is 420 g/mol. The summed E-state index contributed by atoms with van der Waals surface area (Å²) in [5.41, 5.74) is 1.41. The Balaban J connectivity index is 1.39. The lowest BCUT2D eigenvalue weighted by Gasteiger charge is -2.31. The molecule has 0 unspecified atom stereocenters. The quantitative estimate of drug-likeness (QED) is 0.683. The zero-order valence-electron chi connectivity index (χ0n) is 17.3. The second-order valence-electron chi connectivity index (χ2n) is 7.52. The van der Waals surface area contributed by atoms with Crippen molar-refractivity contribution in [1.29, 1.82) is 5.26 Å². The molecule has 7 nitrogen and oxygen atoms in total. The smallest absolute Gasteiger partial charge is 0.251 e. The summed E-state index contributed by atoms with van der Waals surface area (Å²) in [5.74, 6) is 1.55. The van der Waals surface area contributed by atoms with Crippen molar-refractivity contribution in [2.45, 2.75) is 37.9 Å². The predicted molar refractivity (Wildman–Crippen MR) is 115 cm³/mol. The van der Waals surface area contributed by atoms with E-state index in [1.165, 1.54) is 19.6 Å². The number of carbonyl (C=O) groups excluding carboxylic acids is 1. The summed E-state index contributed by atoms with van der Waals surface area (Å²) in [5, 5.41) is 11.5. The first-order chi connectivity index (χ1) is 15.1. The summed E-state index contributed by atoms with van der Waals surface area (Å²) in [6.07, 6.45) is 8.29. The highest BCUT2D eigenvalue weighted by Gasteiger charge is 2.42. The minimum atomic E-state index is -0.536. The molecule has 1 N–H and O–H groups in total. The third-order valence-corrected chi connectivity index (χ3v) is 5.33. The van der Waals surface area contributed by atoms with E-state index in [0.29, 0.717) is 22.9 Å². The van der Waals surface area contributed by atoms with Gasteiger partial charge in [0.2, 0.25) is 5.91 Å². The van der Waals surface area contributed by atoms with Gasteiger partial charge in [-0.25, -0.2) is 0 Å². The number of nitrogens with one attached hydrogen (secondary N) is 1. The average Bonchev–Trinajstić information content (AvgIpc) is 3.13. The van der Waals surface area contributed by atoms with Crippen molar-refractivity contribution in [2.75, 3.05) is 19.0 Å². The van der Waals surface area contributed by atoms with Gasteiger partial charge in [0.1, 0.15) is 6.07 Å². The van der Waals surface area contributed by atoms with Crippen molar-refractivity contribution in [3.63, 3.8) is 0 Å². The number of nitrogens with zero attached hydrogens (tertiary/aromatic N) is 1. The molecule has 1 heterocycles. The average molecular weight is 420 g/mol. The lowest BCUT2D eigenvalue weighted by Crippen LogP contribution is -2.40. The molecule has 0 atom stereocenters. The van der Waals surface area contributed by atoms with Gasteiger partial charge < -0.3 is 24.3 Å².